The standard InChI is InChI=1S/C16H21N3/c1-4-14-18-15(16(17)19(14)12-8-9-12)13-7-5-6-10(2)11(13)3/h5-7,12H,4,8-9,17H2,1-3H3. The van der Waals surface area contributed by atoms with E-state index in [4.69, 9.17) is 10.7 Å². The molecular formula is C16H21N3. The molecule has 1 aliphatic rings. The van der Waals surface area contributed by atoms with Crippen LogP contribution in [0.3, 0.4) is 0 Å². The van der Waals surface area contributed by atoms with Crippen LogP contribution < -0.4 is 5.73 Å². The Labute approximate surface area is 114 Å². The third kappa shape index (κ3) is 1.93. The van der Waals surface area contributed by atoms with Gasteiger partial charge in [-0.2, -0.15) is 0 Å². The molecule has 0 unspecified atom stereocenters. The fourth-order valence-corrected chi connectivity index (χ4v) is 2.69. The maximum Gasteiger partial charge on any atom is 0.132 e. The molecule has 100 valence electrons. The average molecular weight is 255 g/mol. The SMILES string of the molecule is CCc1nc(-c2cccc(C)c2C)c(N)n1C1CC1. The van der Waals surface area contributed by atoms with Gasteiger partial charge in [0.05, 0.1) is 0 Å². The summed E-state index contributed by atoms with van der Waals surface area (Å²) in [6, 6.07) is 6.92. The van der Waals surface area contributed by atoms with Crippen LogP contribution in [0, 0.1) is 13.8 Å². The van der Waals surface area contributed by atoms with E-state index in [1.165, 1.54) is 29.5 Å². The van der Waals surface area contributed by atoms with Crippen LogP contribution in [0.15, 0.2) is 18.2 Å². The number of benzene rings is 1. The highest BCUT2D eigenvalue weighted by molar-refractivity contribution is 5.74. The Morgan fingerprint density at radius 2 is 2.05 bits per heavy atom. The molecule has 0 bridgehead atoms. The third-order valence-electron chi connectivity index (χ3n) is 4.11. The Morgan fingerprint density at radius 1 is 1.32 bits per heavy atom. The lowest BCUT2D eigenvalue weighted by Crippen LogP contribution is -2.04. The quantitative estimate of drug-likeness (QED) is 0.909. The molecule has 0 saturated heterocycles. The molecule has 1 aromatic heterocycles. The molecule has 2 N–H and O–H groups in total. The van der Waals surface area contributed by atoms with Crippen molar-refractivity contribution >= 4 is 5.82 Å². The summed E-state index contributed by atoms with van der Waals surface area (Å²) in [7, 11) is 0. The topological polar surface area (TPSA) is 43.8 Å². The summed E-state index contributed by atoms with van der Waals surface area (Å²) in [5.74, 6) is 1.96. The van der Waals surface area contributed by atoms with E-state index in [0.717, 1.165) is 23.8 Å². The fraction of sp³-hybridized carbons (Fsp3) is 0.438. The summed E-state index contributed by atoms with van der Waals surface area (Å²) < 4.78 is 2.25. The number of nitrogens with zero attached hydrogens (tertiary/aromatic N) is 2. The van der Waals surface area contributed by atoms with Gasteiger partial charge in [-0.1, -0.05) is 25.1 Å². The highest BCUT2D eigenvalue weighted by Crippen LogP contribution is 2.41. The van der Waals surface area contributed by atoms with Gasteiger partial charge in [-0.15, -0.1) is 0 Å². The maximum atomic E-state index is 6.37. The van der Waals surface area contributed by atoms with E-state index in [2.05, 4.69) is 43.5 Å². The Balaban J connectivity index is 2.17. The summed E-state index contributed by atoms with van der Waals surface area (Å²) in [5.41, 5.74) is 11.1. The molecule has 1 fully saturated rings. The largest absolute Gasteiger partial charge is 0.383 e. The number of anilines is 1. The van der Waals surface area contributed by atoms with Gasteiger partial charge in [-0.3, -0.25) is 0 Å². The second-order valence-corrected chi connectivity index (χ2v) is 5.46. The van der Waals surface area contributed by atoms with E-state index in [1.54, 1.807) is 0 Å². The molecule has 19 heavy (non-hydrogen) atoms. The van der Waals surface area contributed by atoms with Crippen LogP contribution in [0.5, 0.6) is 0 Å². The molecule has 1 aliphatic carbocycles. The summed E-state index contributed by atoms with van der Waals surface area (Å²) in [5, 5.41) is 0. The molecule has 1 heterocycles. The van der Waals surface area contributed by atoms with Crippen molar-refractivity contribution in [1.29, 1.82) is 0 Å². The lowest BCUT2D eigenvalue weighted by molar-refractivity contribution is 0.696. The van der Waals surface area contributed by atoms with Crippen molar-refractivity contribution < 1.29 is 0 Å². The lowest BCUT2D eigenvalue weighted by Gasteiger charge is -2.08. The first kappa shape index (κ1) is 12.3. The third-order valence-corrected chi connectivity index (χ3v) is 4.11. The molecular weight excluding hydrogens is 234 g/mol. The van der Waals surface area contributed by atoms with Gasteiger partial charge < -0.3 is 10.3 Å². The highest BCUT2D eigenvalue weighted by atomic mass is 15.2. The van der Waals surface area contributed by atoms with Crippen LogP contribution in [-0.4, -0.2) is 9.55 Å². The molecule has 0 aliphatic heterocycles. The van der Waals surface area contributed by atoms with Crippen molar-refractivity contribution in [2.75, 3.05) is 5.73 Å². The molecule has 3 heteroatoms. The predicted molar refractivity (Wildman–Crippen MR) is 79.2 cm³/mol. The molecule has 0 atom stereocenters. The van der Waals surface area contributed by atoms with Gasteiger partial charge in [0.2, 0.25) is 0 Å². The molecule has 0 radical (unpaired) electrons. The summed E-state index contributed by atoms with van der Waals surface area (Å²) in [4.78, 5) is 4.80. The highest BCUT2D eigenvalue weighted by Gasteiger charge is 2.29. The Kier molecular flexibility index (Phi) is 2.85. The number of aromatic nitrogens is 2. The molecule has 0 spiro atoms. The van der Waals surface area contributed by atoms with E-state index in [-0.39, 0.29) is 0 Å². The van der Waals surface area contributed by atoms with Gasteiger partial charge in [-0.05, 0) is 37.8 Å². The van der Waals surface area contributed by atoms with Gasteiger partial charge in [0.15, 0.2) is 0 Å². The number of nitrogens with two attached hydrogens (primary N) is 1. The average Bonchev–Trinajstić information content (AvgIpc) is 3.17. The zero-order valence-corrected chi connectivity index (χ0v) is 11.9. The molecule has 3 rings (SSSR count). The van der Waals surface area contributed by atoms with E-state index >= 15 is 0 Å². The molecule has 2 aromatic rings. The molecule has 0 amide bonds. The summed E-state index contributed by atoms with van der Waals surface area (Å²) >= 11 is 0. The Bertz CT molecular complexity index is 621. The van der Waals surface area contributed by atoms with E-state index in [9.17, 15) is 0 Å². The van der Waals surface area contributed by atoms with Gasteiger partial charge in [0.1, 0.15) is 17.3 Å². The summed E-state index contributed by atoms with van der Waals surface area (Å²) in [6.45, 7) is 6.42. The van der Waals surface area contributed by atoms with Crippen molar-refractivity contribution in [3.63, 3.8) is 0 Å². The van der Waals surface area contributed by atoms with Crippen LogP contribution in [0.4, 0.5) is 5.82 Å². The van der Waals surface area contributed by atoms with Crippen LogP contribution in [0.25, 0.3) is 11.3 Å². The maximum absolute atomic E-state index is 6.37. The fourth-order valence-electron chi connectivity index (χ4n) is 2.69. The van der Waals surface area contributed by atoms with Gasteiger partial charge >= 0.3 is 0 Å². The lowest BCUT2D eigenvalue weighted by atomic mass is 10.0. The van der Waals surface area contributed by atoms with Crippen LogP contribution in [0.2, 0.25) is 0 Å². The van der Waals surface area contributed by atoms with Gasteiger partial charge in [0, 0.05) is 18.0 Å². The zero-order chi connectivity index (χ0) is 13.6. The van der Waals surface area contributed by atoms with Crippen molar-refractivity contribution in [2.45, 2.75) is 46.1 Å². The second-order valence-electron chi connectivity index (χ2n) is 5.46. The van der Waals surface area contributed by atoms with Crippen LogP contribution in [0.1, 0.15) is 42.8 Å². The number of hydrogen-bond acceptors (Lipinski definition) is 2. The Hall–Kier alpha value is -1.77. The number of nitrogen functional groups attached to an aromatic ring is 1. The van der Waals surface area contributed by atoms with Crippen molar-refractivity contribution in [3.05, 3.63) is 35.2 Å². The monoisotopic (exact) mass is 255 g/mol. The van der Waals surface area contributed by atoms with E-state index in [0.29, 0.717) is 6.04 Å². The second kappa shape index (κ2) is 4.41. The first-order valence-corrected chi connectivity index (χ1v) is 7.06. The molecule has 1 aromatic carbocycles. The first-order chi connectivity index (χ1) is 9.13. The summed E-state index contributed by atoms with van der Waals surface area (Å²) in [6.07, 6.45) is 3.41. The Morgan fingerprint density at radius 3 is 2.68 bits per heavy atom. The van der Waals surface area contributed by atoms with Gasteiger partial charge in [-0.25, -0.2) is 4.98 Å². The number of aryl methyl sites for hydroxylation is 2. The molecule has 3 nitrogen and oxygen atoms in total. The predicted octanol–water partition coefficient (Wildman–Crippen LogP) is 3.65. The van der Waals surface area contributed by atoms with Crippen molar-refractivity contribution in [1.82, 2.24) is 9.55 Å². The number of imidazole rings is 1. The minimum Gasteiger partial charge on any atom is -0.383 e. The first-order valence-electron chi connectivity index (χ1n) is 7.06. The van der Waals surface area contributed by atoms with Gasteiger partial charge in [0.25, 0.3) is 0 Å². The smallest absolute Gasteiger partial charge is 0.132 e. The zero-order valence-electron chi connectivity index (χ0n) is 11.9. The van der Waals surface area contributed by atoms with Crippen LogP contribution in [-0.2, 0) is 6.42 Å². The van der Waals surface area contributed by atoms with E-state index < -0.39 is 0 Å². The minimum atomic E-state index is 0.585. The normalized spacial score (nSPS) is 14.9. The number of hydrogen-bond donors (Lipinski definition) is 1. The van der Waals surface area contributed by atoms with E-state index in [1.807, 2.05) is 0 Å². The molecule has 1 saturated carbocycles. The van der Waals surface area contributed by atoms with Crippen LogP contribution >= 0.6 is 0 Å². The van der Waals surface area contributed by atoms with Crippen molar-refractivity contribution in [3.8, 4) is 11.3 Å². The van der Waals surface area contributed by atoms with Crippen molar-refractivity contribution in [2.24, 2.45) is 0 Å². The minimum absolute atomic E-state index is 0.585. The number of rotatable bonds is 3.